The molecule has 0 spiro atoms. The number of esters is 2. The lowest BCUT2D eigenvalue weighted by Crippen LogP contribution is -2.36. The molecule has 0 amide bonds. The minimum Gasteiger partial charge on any atom is -0.508 e. The Morgan fingerprint density at radius 2 is 0.727 bits per heavy atom. The van der Waals surface area contributed by atoms with E-state index in [4.69, 9.17) is 18.9 Å². The Labute approximate surface area is 380 Å². The number of ether oxygens (including phenoxy) is 4. The molecule has 0 aromatic heterocycles. The average Bonchev–Trinajstić information content (AvgIpc) is 3.25. The van der Waals surface area contributed by atoms with E-state index < -0.39 is 175 Å². The van der Waals surface area contributed by atoms with Crippen molar-refractivity contribution in [2.45, 2.75) is 37.3 Å². The summed E-state index contributed by atoms with van der Waals surface area (Å²) < 4.78 is 23.8. The third-order valence-corrected chi connectivity index (χ3v) is 10.9. The van der Waals surface area contributed by atoms with E-state index in [0.717, 1.165) is 60.7 Å². The molecule has 2 heterocycles. The number of hydrogen-bond donors (Lipinski definition) is 16. The van der Waals surface area contributed by atoms with Crippen molar-refractivity contribution in [2.24, 2.45) is 0 Å². The molecule has 22 nitrogen and oxygen atoms in total. The molecule has 0 radical (unpaired) electrons. The second-order valence-corrected chi connectivity index (χ2v) is 15.1. The predicted molar refractivity (Wildman–Crippen MR) is 236 cm³/mol. The molecule has 0 saturated heterocycles. The van der Waals surface area contributed by atoms with Crippen LogP contribution in [0, 0.1) is 0 Å². The van der Waals surface area contributed by atoms with Gasteiger partial charge in [-0.3, -0.25) is 0 Å². The third kappa shape index (κ3) is 7.32. The van der Waals surface area contributed by atoms with Gasteiger partial charge in [0.25, 0.3) is 0 Å². The summed E-state index contributed by atoms with van der Waals surface area (Å²) in [7, 11) is 0. The molecule has 0 bridgehead atoms. The Kier molecular flexibility index (Phi) is 10.4. The number of phenolic OH excluding ortho intramolecular Hbond substituents is 16. The molecule has 360 valence electrons. The zero-order valence-corrected chi connectivity index (χ0v) is 33.1. The van der Waals surface area contributed by atoms with Crippen molar-refractivity contribution in [3.05, 3.63) is 94.0 Å². The molecule has 6 aromatic carbocycles. The van der Waals surface area contributed by atoms with Crippen LogP contribution in [0.1, 0.15) is 68.0 Å². The lowest BCUT2D eigenvalue weighted by molar-refractivity contribution is -0.0196. The lowest BCUT2D eigenvalue weighted by Gasteiger charge is -2.37. The molecule has 8 rings (SSSR count). The lowest BCUT2D eigenvalue weighted by atomic mass is 9.83. The summed E-state index contributed by atoms with van der Waals surface area (Å²) in [6.07, 6.45) is -8.25. The van der Waals surface area contributed by atoms with Crippen molar-refractivity contribution in [3.63, 3.8) is 0 Å². The number of carbonyl (C=O) groups excluding carboxylic acids is 2. The van der Waals surface area contributed by atoms with Crippen LogP contribution in [0.3, 0.4) is 0 Å². The van der Waals surface area contributed by atoms with Crippen molar-refractivity contribution in [3.8, 4) is 115 Å². The van der Waals surface area contributed by atoms with E-state index in [2.05, 4.69) is 0 Å². The van der Waals surface area contributed by atoms with Gasteiger partial charge in [-0.1, -0.05) is 0 Å². The van der Waals surface area contributed by atoms with Crippen LogP contribution in [0.4, 0.5) is 0 Å². The van der Waals surface area contributed by atoms with Gasteiger partial charge < -0.3 is 101 Å². The molecule has 2 aliphatic rings. The number of hydrogen-bond acceptors (Lipinski definition) is 22. The molecule has 22 heteroatoms. The minimum absolute atomic E-state index is 0. The van der Waals surface area contributed by atoms with E-state index in [-0.39, 0.29) is 35.5 Å². The van der Waals surface area contributed by atoms with Gasteiger partial charge in [0.05, 0.1) is 11.1 Å². The zero-order valence-electron chi connectivity index (χ0n) is 33.1. The highest BCUT2D eigenvalue weighted by Crippen LogP contribution is 2.58. The average molecular weight is 933 g/mol. The summed E-state index contributed by atoms with van der Waals surface area (Å²) in [5.41, 5.74) is -3.93. The zero-order chi connectivity index (χ0) is 47.8. The first-order valence-corrected chi connectivity index (χ1v) is 19.0. The van der Waals surface area contributed by atoms with Crippen molar-refractivity contribution < 1.29 is 123 Å². The largest absolute Gasteiger partial charge is 0.508 e. The first kappa shape index (κ1) is 43.3. The van der Waals surface area contributed by atoms with Gasteiger partial charge in [-0.15, -0.1) is 0 Å². The Hall–Kier alpha value is -9.34. The number of rotatable bonds is 7. The van der Waals surface area contributed by atoms with Gasteiger partial charge in [-0.05, 0) is 36.4 Å². The van der Waals surface area contributed by atoms with Gasteiger partial charge in [0.15, 0.2) is 69.7 Å². The number of phenols is 16. The second-order valence-electron chi connectivity index (χ2n) is 15.1. The van der Waals surface area contributed by atoms with Crippen LogP contribution in [0.15, 0.2) is 60.7 Å². The fourth-order valence-corrected chi connectivity index (χ4v) is 7.79. The normalized spacial score (nSPS) is 17.4. The topological polar surface area (TPSA) is 395 Å². The SMILES string of the molecule is O=C(OC1Cc2c(O)cc(O)cc2O[C@@H]1c1cc(O)c(O)c(O)c1-c1c([C@@H]2Oc3cc(O)cc(O)c3C[C@@H]2OC(=O)c2cc(O)c(O)c(O)c2)cc(O)c(O)c1O)c1cc(O)c(O)c(O)c1.[HH].[HH].[HH].[HH].[HH].[HH].[HH].[HH].[HH]. The van der Waals surface area contributed by atoms with E-state index in [1.807, 2.05) is 0 Å². The third-order valence-electron chi connectivity index (χ3n) is 10.9. The maximum Gasteiger partial charge on any atom is 0.338 e. The number of carbonyl (C=O) groups is 2. The quantitative estimate of drug-likeness (QED) is 0.0587. The van der Waals surface area contributed by atoms with Gasteiger partial charge in [0, 0.05) is 83.3 Å². The maximum absolute atomic E-state index is 13.7. The number of fused-ring (bicyclic) bond motifs is 2. The highest BCUT2D eigenvalue weighted by molar-refractivity contribution is 5.93. The Bertz CT molecular complexity index is 2830. The standard InChI is InChI=1S/C44H34O22.9H2/c45-15-5-21(47)17-11-31(65-43(61)13-1-23(49)35(55)24(50)2-13)41(63-29(17)7-15)19-9-27(53)37(57)39(59)33(19)34-20(10-28(54)38(58)40(34)60)42-32(12-18-22(48)6-16(46)8-30(18)64-42)66-44(62)14-3-25(51)36(56)26(52)4-14;;;;;;;;;/h1-10,31-32,41-42,45-60H,11-12H2;9*1H/t31-,32?,41-,42+;;;;;;;;;/m0........./s1. The highest BCUT2D eigenvalue weighted by Gasteiger charge is 2.44. The monoisotopic (exact) mass is 932 g/mol. The summed E-state index contributed by atoms with van der Waals surface area (Å²) in [5, 5.41) is 170. The molecule has 0 fully saturated rings. The smallest absolute Gasteiger partial charge is 0.338 e. The van der Waals surface area contributed by atoms with Crippen LogP contribution in [0.2, 0.25) is 0 Å². The Balaban J connectivity index is 0. The van der Waals surface area contributed by atoms with E-state index >= 15 is 0 Å². The number of aromatic hydroxyl groups is 16. The fraction of sp³-hybridized carbons (Fsp3) is 0.136. The molecular formula is C44H52O22. The maximum atomic E-state index is 13.7. The molecule has 16 N–H and O–H groups in total. The van der Waals surface area contributed by atoms with Crippen molar-refractivity contribution >= 4 is 11.9 Å². The molecule has 0 saturated carbocycles. The van der Waals surface area contributed by atoms with Gasteiger partial charge >= 0.3 is 11.9 Å². The molecule has 0 aliphatic carbocycles. The Morgan fingerprint density at radius 1 is 0.409 bits per heavy atom. The molecule has 6 aromatic rings. The molecule has 66 heavy (non-hydrogen) atoms. The summed E-state index contributed by atoms with van der Waals surface area (Å²) in [5.74, 6) is -18.5. The summed E-state index contributed by atoms with van der Waals surface area (Å²) >= 11 is 0. The second kappa shape index (κ2) is 15.8. The van der Waals surface area contributed by atoms with E-state index in [0.29, 0.717) is 0 Å². The van der Waals surface area contributed by atoms with Gasteiger partial charge in [0.2, 0.25) is 11.5 Å². The summed E-state index contributed by atoms with van der Waals surface area (Å²) in [4.78, 5) is 27.3. The predicted octanol–water partition coefficient (Wildman–Crippen LogP) is 6.66. The van der Waals surface area contributed by atoms with Crippen molar-refractivity contribution in [2.75, 3.05) is 0 Å². The summed E-state index contributed by atoms with van der Waals surface area (Å²) in [6, 6.07) is 8.30. The molecule has 1 unspecified atom stereocenters. The van der Waals surface area contributed by atoms with Crippen LogP contribution >= 0.6 is 0 Å². The van der Waals surface area contributed by atoms with E-state index in [1.165, 1.54) is 0 Å². The molecule has 4 atom stereocenters. The first-order valence-electron chi connectivity index (χ1n) is 19.0. The van der Waals surface area contributed by atoms with Crippen LogP contribution in [0.5, 0.6) is 103 Å². The first-order chi connectivity index (χ1) is 31.1. The van der Waals surface area contributed by atoms with E-state index in [1.54, 1.807) is 0 Å². The summed E-state index contributed by atoms with van der Waals surface area (Å²) in [6.45, 7) is 0. The van der Waals surface area contributed by atoms with Crippen LogP contribution in [-0.2, 0) is 22.3 Å². The molecule has 2 aliphatic heterocycles. The van der Waals surface area contributed by atoms with Gasteiger partial charge in [-0.2, -0.15) is 0 Å². The minimum atomic E-state index is -1.87. The fourth-order valence-electron chi connectivity index (χ4n) is 7.79. The highest BCUT2D eigenvalue weighted by atomic mass is 16.6. The van der Waals surface area contributed by atoms with Crippen LogP contribution in [0.25, 0.3) is 11.1 Å². The molecular weight excluding hydrogens is 880 g/mol. The number of benzene rings is 6. The van der Waals surface area contributed by atoms with Crippen molar-refractivity contribution in [1.82, 2.24) is 0 Å². The van der Waals surface area contributed by atoms with Crippen molar-refractivity contribution in [1.29, 1.82) is 0 Å². The van der Waals surface area contributed by atoms with E-state index in [9.17, 15) is 91.3 Å². The Morgan fingerprint density at radius 3 is 1.06 bits per heavy atom. The van der Waals surface area contributed by atoms with Gasteiger partial charge in [0.1, 0.15) is 46.7 Å². The van der Waals surface area contributed by atoms with Crippen LogP contribution < -0.4 is 9.47 Å². The van der Waals surface area contributed by atoms with Crippen LogP contribution in [-0.4, -0.2) is 106 Å². The van der Waals surface area contributed by atoms with Gasteiger partial charge in [-0.25, -0.2) is 9.59 Å².